The van der Waals surface area contributed by atoms with Crippen molar-refractivity contribution in [3.05, 3.63) is 70.4 Å². The Morgan fingerprint density at radius 2 is 1.91 bits per heavy atom. The van der Waals surface area contributed by atoms with E-state index >= 15 is 0 Å². The number of fused-ring (bicyclic) bond motifs is 1. The summed E-state index contributed by atoms with van der Waals surface area (Å²) in [7, 11) is 0. The first-order chi connectivity index (χ1) is 11.1. The maximum atomic E-state index is 12.7. The Balaban J connectivity index is 2.11. The molecule has 2 aromatic heterocycles. The number of hydrogen-bond acceptors (Lipinski definition) is 4. The van der Waals surface area contributed by atoms with Gasteiger partial charge in [-0.1, -0.05) is 30.3 Å². The zero-order valence-corrected chi connectivity index (χ0v) is 12.3. The third-order valence-corrected chi connectivity index (χ3v) is 3.55. The molecule has 6 nitrogen and oxygen atoms in total. The number of rotatable bonds is 5. The average molecular weight is 309 g/mol. The zero-order valence-electron chi connectivity index (χ0n) is 12.3. The van der Waals surface area contributed by atoms with Crippen molar-refractivity contribution in [1.29, 1.82) is 0 Å². The van der Waals surface area contributed by atoms with Gasteiger partial charge in [-0.05, 0) is 17.7 Å². The van der Waals surface area contributed by atoms with Gasteiger partial charge in [0.2, 0.25) is 0 Å². The van der Waals surface area contributed by atoms with E-state index < -0.39 is 5.97 Å². The SMILES string of the molecule is O=C(O)CCc1nc2ncccc2c(=O)n1Cc1ccccc1. The molecular weight excluding hydrogens is 294 g/mol. The van der Waals surface area contributed by atoms with Crippen molar-refractivity contribution >= 4 is 17.0 Å². The third kappa shape index (κ3) is 3.26. The second kappa shape index (κ2) is 6.39. The first-order valence-corrected chi connectivity index (χ1v) is 7.25. The molecule has 0 saturated carbocycles. The van der Waals surface area contributed by atoms with E-state index in [1.807, 2.05) is 30.3 Å². The molecule has 2 heterocycles. The van der Waals surface area contributed by atoms with Crippen LogP contribution in [0.5, 0.6) is 0 Å². The van der Waals surface area contributed by atoms with Crippen LogP contribution < -0.4 is 5.56 Å². The second-order valence-corrected chi connectivity index (χ2v) is 5.17. The van der Waals surface area contributed by atoms with E-state index in [2.05, 4.69) is 9.97 Å². The van der Waals surface area contributed by atoms with Gasteiger partial charge in [0.25, 0.3) is 5.56 Å². The quantitative estimate of drug-likeness (QED) is 0.777. The number of nitrogens with zero attached hydrogens (tertiary/aromatic N) is 3. The summed E-state index contributed by atoms with van der Waals surface area (Å²) in [5.41, 5.74) is 1.10. The van der Waals surface area contributed by atoms with Crippen molar-refractivity contribution in [2.45, 2.75) is 19.4 Å². The fraction of sp³-hybridized carbons (Fsp3) is 0.176. The number of carboxylic acids is 1. The summed E-state index contributed by atoms with van der Waals surface area (Å²) in [6, 6.07) is 12.9. The number of aliphatic carboxylic acids is 1. The Kier molecular flexibility index (Phi) is 4.14. The molecule has 0 bridgehead atoms. The number of carboxylic acid groups (broad SMARTS) is 1. The Hall–Kier alpha value is -3.02. The van der Waals surface area contributed by atoms with Gasteiger partial charge in [0.15, 0.2) is 5.65 Å². The maximum absolute atomic E-state index is 12.7. The normalized spacial score (nSPS) is 10.8. The highest BCUT2D eigenvalue weighted by molar-refractivity contribution is 5.73. The molecular formula is C17H15N3O3. The standard InChI is InChI=1S/C17H15N3O3/c21-15(22)9-8-14-19-16-13(7-4-10-18-16)17(23)20(14)11-12-5-2-1-3-6-12/h1-7,10H,8-9,11H2,(H,21,22). The van der Waals surface area contributed by atoms with Gasteiger partial charge in [-0.25, -0.2) is 9.97 Å². The lowest BCUT2D eigenvalue weighted by Gasteiger charge is -2.12. The molecule has 1 N–H and O–H groups in total. The Morgan fingerprint density at radius 1 is 1.13 bits per heavy atom. The highest BCUT2D eigenvalue weighted by Crippen LogP contribution is 2.09. The van der Waals surface area contributed by atoms with Crippen LogP contribution in [0.25, 0.3) is 11.0 Å². The predicted octanol–water partition coefficient (Wildman–Crippen LogP) is 1.86. The van der Waals surface area contributed by atoms with Crippen LogP contribution in [-0.2, 0) is 17.8 Å². The molecule has 0 radical (unpaired) electrons. The number of aromatic nitrogens is 3. The van der Waals surface area contributed by atoms with Crippen LogP contribution >= 0.6 is 0 Å². The summed E-state index contributed by atoms with van der Waals surface area (Å²) in [6.07, 6.45) is 1.67. The van der Waals surface area contributed by atoms with Crippen LogP contribution in [0, 0.1) is 0 Å². The molecule has 0 unspecified atom stereocenters. The van der Waals surface area contributed by atoms with Crippen molar-refractivity contribution in [2.75, 3.05) is 0 Å². The monoisotopic (exact) mass is 309 g/mol. The van der Waals surface area contributed by atoms with Gasteiger partial charge >= 0.3 is 5.97 Å². The van der Waals surface area contributed by atoms with E-state index in [1.54, 1.807) is 18.3 Å². The number of hydrogen-bond donors (Lipinski definition) is 1. The van der Waals surface area contributed by atoms with Gasteiger partial charge in [-0.2, -0.15) is 0 Å². The molecule has 0 aliphatic rings. The topological polar surface area (TPSA) is 85.1 Å². The Morgan fingerprint density at radius 3 is 2.65 bits per heavy atom. The van der Waals surface area contributed by atoms with Crippen LogP contribution in [0.2, 0.25) is 0 Å². The molecule has 0 fully saturated rings. The van der Waals surface area contributed by atoms with E-state index in [0.29, 0.717) is 23.4 Å². The summed E-state index contributed by atoms with van der Waals surface area (Å²) < 4.78 is 1.53. The minimum atomic E-state index is -0.924. The van der Waals surface area contributed by atoms with E-state index in [4.69, 9.17) is 5.11 Å². The van der Waals surface area contributed by atoms with Gasteiger partial charge in [0.05, 0.1) is 18.4 Å². The number of aryl methyl sites for hydroxylation is 1. The lowest BCUT2D eigenvalue weighted by molar-refractivity contribution is -0.137. The van der Waals surface area contributed by atoms with Crippen molar-refractivity contribution in [3.8, 4) is 0 Å². The molecule has 0 saturated heterocycles. The average Bonchev–Trinajstić information content (AvgIpc) is 2.57. The van der Waals surface area contributed by atoms with E-state index in [0.717, 1.165) is 5.56 Å². The summed E-state index contributed by atoms with van der Waals surface area (Å²) >= 11 is 0. The molecule has 3 aromatic rings. The van der Waals surface area contributed by atoms with Crippen molar-refractivity contribution in [3.63, 3.8) is 0 Å². The summed E-state index contributed by atoms with van der Waals surface area (Å²) in [5.74, 6) is -0.487. The zero-order chi connectivity index (χ0) is 16.2. The van der Waals surface area contributed by atoms with Gasteiger partial charge in [-0.15, -0.1) is 0 Å². The summed E-state index contributed by atoms with van der Waals surface area (Å²) in [5, 5.41) is 9.34. The minimum Gasteiger partial charge on any atom is -0.481 e. The van der Waals surface area contributed by atoms with Gasteiger partial charge < -0.3 is 5.11 Å². The summed E-state index contributed by atoms with van der Waals surface area (Å²) in [6.45, 7) is 0.354. The van der Waals surface area contributed by atoms with Gasteiger partial charge in [0, 0.05) is 12.6 Å². The van der Waals surface area contributed by atoms with E-state index in [-0.39, 0.29) is 18.4 Å². The molecule has 0 amide bonds. The van der Waals surface area contributed by atoms with Crippen LogP contribution in [0.4, 0.5) is 0 Å². The Labute approximate surface area is 132 Å². The van der Waals surface area contributed by atoms with E-state index in [9.17, 15) is 9.59 Å². The molecule has 6 heteroatoms. The van der Waals surface area contributed by atoms with Crippen LogP contribution in [0.15, 0.2) is 53.5 Å². The van der Waals surface area contributed by atoms with E-state index in [1.165, 1.54) is 4.57 Å². The predicted molar refractivity (Wildman–Crippen MR) is 85.3 cm³/mol. The number of benzene rings is 1. The lowest BCUT2D eigenvalue weighted by Crippen LogP contribution is -2.26. The molecule has 0 atom stereocenters. The molecule has 0 aliphatic heterocycles. The molecule has 3 rings (SSSR count). The van der Waals surface area contributed by atoms with Crippen LogP contribution in [0.1, 0.15) is 17.8 Å². The summed E-state index contributed by atoms with van der Waals surface area (Å²) in [4.78, 5) is 32.1. The fourth-order valence-electron chi connectivity index (χ4n) is 2.44. The highest BCUT2D eigenvalue weighted by atomic mass is 16.4. The van der Waals surface area contributed by atoms with Crippen molar-refractivity contribution in [2.24, 2.45) is 0 Å². The van der Waals surface area contributed by atoms with Gasteiger partial charge in [-0.3, -0.25) is 14.2 Å². The minimum absolute atomic E-state index is 0.0838. The number of pyridine rings is 1. The lowest BCUT2D eigenvalue weighted by atomic mass is 10.2. The third-order valence-electron chi connectivity index (χ3n) is 3.55. The van der Waals surface area contributed by atoms with Crippen molar-refractivity contribution in [1.82, 2.24) is 14.5 Å². The van der Waals surface area contributed by atoms with Crippen molar-refractivity contribution < 1.29 is 9.90 Å². The van der Waals surface area contributed by atoms with Crippen LogP contribution in [-0.4, -0.2) is 25.6 Å². The first-order valence-electron chi connectivity index (χ1n) is 7.25. The first kappa shape index (κ1) is 14.9. The molecule has 0 aliphatic carbocycles. The molecule has 1 aromatic carbocycles. The molecule has 116 valence electrons. The number of carbonyl (C=O) groups is 1. The highest BCUT2D eigenvalue weighted by Gasteiger charge is 2.13. The maximum Gasteiger partial charge on any atom is 0.303 e. The van der Waals surface area contributed by atoms with Crippen LogP contribution in [0.3, 0.4) is 0 Å². The van der Waals surface area contributed by atoms with Gasteiger partial charge in [0.1, 0.15) is 5.82 Å². The Bertz CT molecular complexity index is 904. The second-order valence-electron chi connectivity index (χ2n) is 5.17. The molecule has 23 heavy (non-hydrogen) atoms. The fourth-order valence-corrected chi connectivity index (χ4v) is 2.44. The smallest absolute Gasteiger partial charge is 0.303 e. The largest absolute Gasteiger partial charge is 0.481 e. The molecule has 0 spiro atoms.